The highest BCUT2D eigenvalue weighted by molar-refractivity contribution is 5.76. The van der Waals surface area contributed by atoms with Crippen LogP contribution < -0.4 is 0 Å². The highest BCUT2D eigenvalue weighted by atomic mass is 15.0. The normalized spacial score (nSPS) is 10.5. The Morgan fingerprint density at radius 3 is 3.00 bits per heavy atom. The van der Waals surface area contributed by atoms with E-state index in [0.29, 0.717) is 6.54 Å². The first kappa shape index (κ1) is 9.72. The predicted molar refractivity (Wildman–Crippen MR) is 60.6 cm³/mol. The third kappa shape index (κ3) is 1.71. The van der Waals surface area contributed by atoms with Gasteiger partial charge in [0.05, 0.1) is 11.0 Å². The summed E-state index contributed by atoms with van der Waals surface area (Å²) in [5, 5.41) is 0. The zero-order valence-electron chi connectivity index (χ0n) is 8.99. The van der Waals surface area contributed by atoms with E-state index in [9.17, 15) is 0 Å². The van der Waals surface area contributed by atoms with Crippen LogP contribution in [0.3, 0.4) is 0 Å². The molecule has 0 unspecified atom stereocenters. The highest BCUT2D eigenvalue weighted by Crippen LogP contribution is 2.16. The molecule has 1 aromatic heterocycles. The van der Waals surface area contributed by atoms with Crippen LogP contribution in [0.1, 0.15) is 11.4 Å². The Morgan fingerprint density at radius 2 is 2.27 bits per heavy atom. The Labute approximate surface area is 89.2 Å². The average Bonchev–Trinajstić information content (AvgIpc) is 2.52. The van der Waals surface area contributed by atoms with Crippen LogP contribution in [0.5, 0.6) is 0 Å². The SMILES string of the molecule is [C-]#[N+]CCc1ccc2nc(C)n(C)c2c1. The summed E-state index contributed by atoms with van der Waals surface area (Å²) in [5.74, 6) is 1.02. The average molecular weight is 199 g/mol. The lowest BCUT2D eigenvalue weighted by atomic mass is 10.1. The molecule has 76 valence electrons. The van der Waals surface area contributed by atoms with Gasteiger partial charge in [-0.2, -0.15) is 0 Å². The third-order valence-electron chi connectivity index (χ3n) is 2.68. The molecule has 0 aliphatic rings. The Hall–Kier alpha value is -1.82. The first-order valence-electron chi connectivity index (χ1n) is 4.97. The molecule has 0 radical (unpaired) electrons. The first-order valence-corrected chi connectivity index (χ1v) is 4.97. The Balaban J connectivity index is 2.46. The van der Waals surface area contributed by atoms with Crippen LogP contribution in [-0.2, 0) is 13.5 Å². The van der Waals surface area contributed by atoms with Gasteiger partial charge in [0.15, 0.2) is 0 Å². The molecule has 1 aromatic carbocycles. The molecule has 0 N–H and O–H groups in total. The van der Waals surface area contributed by atoms with Crippen molar-refractivity contribution in [1.82, 2.24) is 9.55 Å². The van der Waals surface area contributed by atoms with Crippen LogP contribution in [0.4, 0.5) is 0 Å². The standard InChI is InChI=1S/C12H13N3/c1-9-14-11-5-4-10(6-7-13-2)8-12(11)15(9)3/h4-5,8H,6-7H2,1,3H3. The topological polar surface area (TPSA) is 22.2 Å². The van der Waals surface area contributed by atoms with Crippen molar-refractivity contribution in [2.24, 2.45) is 7.05 Å². The van der Waals surface area contributed by atoms with Crippen LogP contribution >= 0.6 is 0 Å². The van der Waals surface area contributed by atoms with Crippen molar-refractivity contribution in [2.75, 3.05) is 6.54 Å². The van der Waals surface area contributed by atoms with Gasteiger partial charge in [0.1, 0.15) is 5.82 Å². The molecule has 0 aliphatic heterocycles. The van der Waals surface area contributed by atoms with E-state index in [-0.39, 0.29) is 0 Å². The van der Waals surface area contributed by atoms with E-state index in [4.69, 9.17) is 6.57 Å². The summed E-state index contributed by atoms with van der Waals surface area (Å²) in [6.45, 7) is 9.33. The van der Waals surface area contributed by atoms with E-state index >= 15 is 0 Å². The molecular weight excluding hydrogens is 186 g/mol. The van der Waals surface area contributed by atoms with Crippen LogP contribution in [-0.4, -0.2) is 16.1 Å². The molecule has 0 aliphatic carbocycles. The summed E-state index contributed by atoms with van der Waals surface area (Å²) in [5.41, 5.74) is 3.39. The zero-order valence-corrected chi connectivity index (χ0v) is 8.99. The van der Waals surface area contributed by atoms with E-state index in [1.165, 1.54) is 5.56 Å². The van der Waals surface area contributed by atoms with Gasteiger partial charge in [-0.3, -0.25) is 0 Å². The Morgan fingerprint density at radius 1 is 1.47 bits per heavy atom. The van der Waals surface area contributed by atoms with Crippen molar-refractivity contribution in [2.45, 2.75) is 13.3 Å². The van der Waals surface area contributed by atoms with Crippen molar-refractivity contribution >= 4 is 11.0 Å². The minimum atomic E-state index is 0.558. The summed E-state index contributed by atoms with van der Waals surface area (Å²) < 4.78 is 2.08. The number of hydrogen-bond donors (Lipinski definition) is 0. The van der Waals surface area contributed by atoms with E-state index in [0.717, 1.165) is 23.3 Å². The third-order valence-corrected chi connectivity index (χ3v) is 2.68. The second-order valence-electron chi connectivity index (χ2n) is 3.67. The molecule has 1 heterocycles. The molecule has 0 amide bonds. The fraction of sp³-hybridized carbons (Fsp3) is 0.333. The van der Waals surface area contributed by atoms with Gasteiger partial charge in [0.25, 0.3) is 0 Å². The first-order chi connectivity index (χ1) is 7.22. The van der Waals surface area contributed by atoms with Crippen LogP contribution in [0.2, 0.25) is 0 Å². The summed E-state index contributed by atoms with van der Waals surface area (Å²) in [4.78, 5) is 7.80. The fourth-order valence-electron chi connectivity index (χ4n) is 1.70. The highest BCUT2D eigenvalue weighted by Gasteiger charge is 2.04. The number of aromatic nitrogens is 2. The molecule has 0 spiro atoms. The number of hydrogen-bond acceptors (Lipinski definition) is 1. The molecule has 3 heteroatoms. The lowest BCUT2D eigenvalue weighted by Gasteiger charge is -1.99. The number of aryl methyl sites for hydroxylation is 2. The lowest BCUT2D eigenvalue weighted by Crippen LogP contribution is -1.92. The molecule has 15 heavy (non-hydrogen) atoms. The second kappa shape index (κ2) is 3.74. The predicted octanol–water partition coefficient (Wildman–Crippen LogP) is 2.34. The summed E-state index contributed by atoms with van der Waals surface area (Å²) in [6.07, 6.45) is 0.823. The lowest BCUT2D eigenvalue weighted by molar-refractivity contribution is 0.885. The monoisotopic (exact) mass is 199 g/mol. The largest absolute Gasteiger partial charge is 0.331 e. The van der Waals surface area contributed by atoms with Crippen molar-refractivity contribution < 1.29 is 0 Å². The molecule has 2 rings (SSSR count). The van der Waals surface area contributed by atoms with Crippen molar-refractivity contribution in [1.29, 1.82) is 0 Å². The Kier molecular flexibility index (Phi) is 2.42. The minimum Gasteiger partial charge on any atom is -0.331 e. The summed E-state index contributed by atoms with van der Waals surface area (Å²) in [6, 6.07) is 6.21. The van der Waals surface area contributed by atoms with Gasteiger partial charge < -0.3 is 9.41 Å². The number of fused-ring (bicyclic) bond motifs is 1. The van der Waals surface area contributed by atoms with Crippen molar-refractivity contribution in [3.8, 4) is 0 Å². The minimum absolute atomic E-state index is 0.558. The zero-order chi connectivity index (χ0) is 10.8. The van der Waals surface area contributed by atoms with Gasteiger partial charge >= 0.3 is 0 Å². The quantitative estimate of drug-likeness (QED) is 0.680. The van der Waals surface area contributed by atoms with Crippen molar-refractivity contribution in [3.63, 3.8) is 0 Å². The molecule has 0 saturated heterocycles. The number of benzene rings is 1. The van der Waals surface area contributed by atoms with Gasteiger partial charge in [-0.1, -0.05) is 6.07 Å². The van der Waals surface area contributed by atoms with Gasteiger partial charge in [0, 0.05) is 13.5 Å². The fourth-order valence-corrected chi connectivity index (χ4v) is 1.70. The molecule has 0 atom stereocenters. The smallest absolute Gasteiger partial charge is 0.218 e. The van der Waals surface area contributed by atoms with E-state index in [1.807, 2.05) is 20.0 Å². The maximum atomic E-state index is 6.77. The van der Waals surface area contributed by atoms with Crippen LogP contribution in [0, 0.1) is 13.5 Å². The van der Waals surface area contributed by atoms with Gasteiger partial charge in [-0.15, -0.1) is 0 Å². The number of imidazole rings is 1. The molecule has 0 fully saturated rings. The number of nitrogens with zero attached hydrogens (tertiary/aromatic N) is 3. The van der Waals surface area contributed by atoms with E-state index in [1.54, 1.807) is 0 Å². The van der Waals surface area contributed by atoms with Gasteiger partial charge in [-0.25, -0.2) is 11.6 Å². The Bertz CT molecular complexity index is 532. The molecule has 0 saturated carbocycles. The molecular formula is C12H13N3. The van der Waals surface area contributed by atoms with Crippen molar-refractivity contribution in [3.05, 3.63) is 41.0 Å². The summed E-state index contributed by atoms with van der Waals surface area (Å²) >= 11 is 0. The second-order valence-corrected chi connectivity index (χ2v) is 3.67. The van der Waals surface area contributed by atoms with Crippen LogP contribution in [0.25, 0.3) is 15.9 Å². The van der Waals surface area contributed by atoms with E-state index in [2.05, 4.69) is 26.5 Å². The molecule has 2 aromatic rings. The van der Waals surface area contributed by atoms with Crippen LogP contribution in [0.15, 0.2) is 18.2 Å². The van der Waals surface area contributed by atoms with Gasteiger partial charge in [-0.05, 0) is 24.6 Å². The summed E-state index contributed by atoms with van der Waals surface area (Å²) in [7, 11) is 2.02. The maximum absolute atomic E-state index is 6.77. The molecule has 0 bridgehead atoms. The van der Waals surface area contributed by atoms with E-state index < -0.39 is 0 Å². The number of rotatable bonds is 2. The van der Waals surface area contributed by atoms with Gasteiger partial charge in [0.2, 0.25) is 6.54 Å². The maximum Gasteiger partial charge on any atom is 0.218 e. The molecule has 3 nitrogen and oxygen atoms in total.